The molecule has 0 aliphatic heterocycles. The molecule has 0 radical (unpaired) electrons. The van der Waals surface area contributed by atoms with Crippen LogP contribution < -0.4 is 4.74 Å². The van der Waals surface area contributed by atoms with Crippen molar-refractivity contribution in [2.45, 2.75) is 6.54 Å². The lowest BCUT2D eigenvalue weighted by atomic mass is 10.2. The average molecular weight is 192 g/mol. The second-order valence-corrected chi connectivity index (χ2v) is 3.19. The third kappa shape index (κ3) is 3.18. The zero-order valence-corrected chi connectivity index (χ0v) is 8.73. The van der Waals surface area contributed by atoms with Crippen LogP contribution in [0.5, 0.6) is 5.88 Å². The van der Waals surface area contributed by atoms with Crippen molar-refractivity contribution in [3.8, 4) is 5.88 Å². The molecular formula is C11H16N2O. The standard InChI is InChI=1S/C11H16N2O/c1-4-7-13(2)9-10-5-6-11(14-3)12-8-10/h4-6,8H,1,7,9H2,2-3H3. The predicted molar refractivity (Wildman–Crippen MR) is 57.3 cm³/mol. The van der Waals surface area contributed by atoms with Crippen LogP contribution in [-0.2, 0) is 6.54 Å². The molecule has 3 nitrogen and oxygen atoms in total. The molecule has 1 aromatic heterocycles. The summed E-state index contributed by atoms with van der Waals surface area (Å²) in [5.74, 6) is 0.653. The van der Waals surface area contributed by atoms with Gasteiger partial charge in [-0.3, -0.25) is 4.90 Å². The summed E-state index contributed by atoms with van der Waals surface area (Å²) >= 11 is 0. The fourth-order valence-corrected chi connectivity index (χ4v) is 1.22. The first kappa shape index (κ1) is 10.7. The maximum absolute atomic E-state index is 4.98. The summed E-state index contributed by atoms with van der Waals surface area (Å²) in [5, 5.41) is 0. The first-order valence-corrected chi connectivity index (χ1v) is 4.54. The van der Waals surface area contributed by atoms with Gasteiger partial charge in [0.25, 0.3) is 0 Å². The number of rotatable bonds is 5. The number of nitrogens with zero attached hydrogens (tertiary/aromatic N) is 2. The smallest absolute Gasteiger partial charge is 0.212 e. The number of pyridine rings is 1. The molecule has 0 atom stereocenters. The average Bonchev–Trinajstić information content (AvgIpc) is 2.19. The maximum atomic E-state index is 4.98. The minimum atomic E-state index is 0.653. The van der Waals surface area contributed by atoms with Gasteiger partial charge in [0.2, 0.25) is 5.88 Å². The van der Waals surface area contributed by atoms with Gasteiger partial charge in [-0.05, 0) is 12.6 Å². The van der Waals surface area contributed by atoms with Crippen molar-refractivity contribution in [1.29, 1.82) is 0 Å². The van der Waals surface area contributed by atoms with Crippen LogP contribution in [0, 0.1) is 0 Å². The van der Waals surface area contributed by atoms with Crippen molar-refractivity contribution >= 4 is 0 Å². The molecule has 1 rings (SSSR count). The van der Waals surface area contributed by atoms with Gasteiger partial charge in [-0.2, -0.15) is 0 Å². The minimum absolute atomic E-state index is 0.653. The summed E-state index contributed by atoms with van der Waals surface area (Å²) in [6, 6.07) is 3.89. The molecule has 0 saturated carbocycles. The second-order valence-electron chi connectivity index (χ2n) is 3.19. The summed E-state index contributed by atoms with van der Waals surface area (Å²) < 4.78 is 4.98. The number of hydrogen-bond donors (Lipinski definition) is 0. The van der Waals surface area contributed by atoms with Crippen molar-refractivity contribution in [2.24, 2.45) is 0 Å². The van der Waals surface area contributed by atoms with E-state index in [9.17, 15) is 0 Å². The largest absolute Gasteiger partial charge is 0.481 e. The highest BCUT2D eigenvalue weighted by Crippen LogP contribution is 2.08. The van der Waals surface area contributed by atoms with Crippen molar-refractivity contribution in [1.82, 2.24) is 9.88 Å². The van der Waals surface area contributed by atoms with Crippen molar-refractivity contribution < 1.29 is 4.74 Å². The van der Waals surface area contributed by atoms with Gasteiger partial charge < -0.3 is 4.74 Å². The van der Waals surface area contributed by atoms with Crippen LogP contribution in [0.15, 0.2) is 31.0 Å². The van der Waals surface area contributed by atoms with Gasteiger partial charge in [0.1, 0.15) is 0 Å². The van der Waals surface area contributed by atoms with Crippen LogP contribution in [-0.4, -0.2) is 30.6 Å². The van der Waals surface area contributed by atoms with Gasteiger partial charge in [0.05, 0.1) is 7.11 Å². The molecule has 0 saturated heterocycles. The van der Waals surface area contributed by atoms with Crippen molar-refractivity contribution in [3.63, 3.8) is 0 Å². The van der Waals surface area contributed by atoms with E-state index in [1.165, 1.54) is 5.56 Å². The Morgan fingerprint density at radius 3 is 2.86 bits per heavy atom. The van der Waals surface area contributed by atoms with Gasteiger partial charge in [-0.15, -0.1) is 6.58 Å². The van der Waals surface area contributed by atoms with E-state index in [0.717, 1.165) is 13.1 Å². The normalized spacial score (nSPS) is 10.2. The third-order valence-electron chi connectivity index (χ3n) is 1.90. The monoisotopic (exact) mass is 192 g/mol. The van der Waals surface area contributed by atoms with Crippen molar-refractivity contribution in [3.05, 3.63) is 36.5 Å². The Kier molecular flexibility index (Phi) is 4.13. The highest BCUT2D eigenvalue weighted by atomic mass is 16.5. The Balaban J connectivity index is 2.54. The van der Waals surface area contributed by atoms with Gasteiger partial charge in [-0.1, -0.05) is 12.1 Å². The van der Waals surface area contributed by atoms with E-state index in [2.05, 4.69) is 16.5 Å². The summed E-state index contributed by atoms with van der Waals surface area (Å²) in [4.78, 5) is 6.30. The number of likely N-dealkylation sites (N-methyl/N-ethyl adjacent to an activating group) is 1. The number of methoxy groups -OCH3 is 1. The molecule has 3 heteroatoms. The van der Waals surface area contributed by atoms with Crippen molar-refractivity contribution in [2.75, 3.05) is 20.7 Å². The molecule has 0 spiro atoms. The molecule has 1 heterocycles. The van der Waals surface area contributed by atoms with E-state index < -0.39 is 0 Å². The van der Waals surface area contributed by atoms with Gasteiger partial charge >= 0.3 is 0 Å². The lowest BCUT2D eigenvalue weighted by Crippen LogP contribution is -2.17. The first-order chi connectivity index (χ1) is 6.76. The molecule has 0 amide bonds. The van der Waals surface area contributed by atoms with Crippen LogP contribution in [0.2, 0.25) is 0 Å². The zero-order valence-electron chi connectivity index (χ0n) is 8.73. The van der Waals surface area contributed by atoms with Crippen LogP contribution >= 0.6 is 0 Å². The molecule has 14 heavy (non-hydrogen) atoms. The predicted octanol–water partition coefficient (Wildman–Crippen LogP) is 1.71. The summed E-state index contributed by atoms with van der Waals surface area (Å²) in [6.45, 7) is 5.45. The molecule has 0 aromatic carbocycles. The molecule has 0 fully saturated rings. The lowest BCUT2D eigenvalue weighted by molar-refractivity contribution is 0.361. The highest BCUT2D eigenvalue weighted by molar-refractivity contribution is 5.17. The number of ether oxygens (including phenoxy) is 1. The second kappa shape index (κ2) is 5.40. The molecule has 0 unspecified atom stereocenters. The van der Waals surface area contributed by atoms with E-state index in [1.54, 1.807) is 7.11 Å². The molecule has 0 N–H and O–H groups in total. The first-order valence-electron chi connectivity index (χ1n) is 4.54. The van der Waals surface area contributed by atoms with E-state index in [1.807, 2.05) is 31.5 Å². The summed E-state index contributed by atoms with van der Waals surface area (Å²) in [7, 11) is 3.66. The Bertz CT molecular complexity index is 282. The topological polar surface area (TPSA) is 25.4 Å². The van der Waals surface area contributed by atoms with E-state index >= 15 is 0 Å². The molecule has 0 bridgehead atoms. The summed E-state index contributed by atoms with van der Waals surface area (Å²) in [5.41, 5.74) is 1.18. The molecular weight excluding hydrogens is 176 g/mol. The van der Waals surface area contributed by atoms with E-state index in [-0.39, 0.29) is 0 Å². The van der Waals surface area contributed by atoms with Crippen LogP contribution in [0.25, 0.3) is 0 Å². The number of aromatic nitrogens is 1. The summed E-state index contributed by atoms with van der Waals surface area (Å²) in [6.07, 6.45) is 3.72. The Hall–Kier alpha value is -1.35. The Labute approximate surface area is 85.0 Å². The lowest BCUT2D eigenvalue weighted by Gasteiger charge is -2.13. The highest BCUT2D eigenvalue weighted by Gasteiger charge is 1.99. The van der Waals surface area contributed by atoms with Gasteiger partial charge in [0, 0.05) is 25.4 Å². The maximum Gasteiger partial charge on any atom is 0.212 e. The Morgan fingerprint density at radius 2 is 2.36 bits per heavy atom. The molecule has 0 aliphatic rings. The molecule has 1 aromatic rings. The zero-order chi connectivity index (χ0) is 10.4. The molecule has 0 aliphatic carbocycles. The fraction of sp³-hybridized carbons (Fsp3) is 0.364. The van der Waals surface area contributed by atoms with Gasteiger partial charge in [0.15, 0.2) is 0 Å². The quantitative estimate of drug-likeness (QED) is 0.664. The van der Waals surface area contributed by atoms with E-state index in [4.69, 9.17) is 4.74 Å². The Morgan fingerprint density at radius 1 is 1.57 bits per heavy atom. The SMILES string of the molecule is C=CCN(C)Cc1ccc(OC)nc1. The fourth-order valence-electron chi connectivity index (χ4n) is 1.22. The minimum Gasteiger partial charge on any atom is -0.481 e. The third-order valence-corrected chi connectivity index (χ3v) is 1.90. The van der Waals surface area contributed by atoms with Crippen LogP contribution in [0.4, 0.5) is 0 Å². The van der Waals surface area contributed by atoms with Crippen LogP contribution in [0.1, 0.15) is 5.56 Å². The van der Waals surface area contributed by atoms with Crippen LogP contribution in [0.3, 0.4) is 0 Å². The number of hydrogen-bond acceptors (Lipinski definition) is 3. The molecule has 76 valence electrons. The van der Waals surface area contributed by atoms with Gasteiger partial charge in [-0.25, -0.2) is 4.98 Å². The van der Waals surface area contributed by atoms with E-state index in [0.29, 0.717) is 5.88 Å².